The summed E-state index contributed by atoms with van der Waals surface area (Å²) < 4.78 is 24.3. The molecular formula is C14H22N2O2S. The van der Waals surface area contributed by atoms with Crippen molar-refractivity contribution in [2.24, 2.45) is 0 Å². The first-order chi connectivity index (χ1) is 8.96. The summed E-state index contributed by atoms with van der Waals surface area (Å²) in [6.45, 7) is 3.45. The van der Waals surface area contributed by atoms with Crippen LogP contribution in [0.3, 0.4) is 0 Å². The average Bonchev–Trinajstić information content (AvgIpc) is 2.70. The van der Waals surface area contributed by atoms with E-state index in [2.05, 4.69) is 35.2 Å². The number of hydrogen-bond acceptors (Lipinski definition) is 3. The smallest absolute Gasteiger partial charge is 0.208 e. The van der Waals surface area contributed by atoms with Crippen LogP contribution in [-0.4, -0.2) is 27.8 Å². The van der Waals surface area contributed by atoms with Gasteiger partial charge >= 0.3 is 0 Å². The summed E-state index contributed by atoms with van der Waals surface area (Å²) in [4.78, 5) is 0. The molecule has 1 aromatic carbocycles. The highest BCUT2D eigenvalue weighted by Gasteiger charge is 2.21. The molecule has 0 fully saturated rings. The Morgan fingerprint density at radius 2 is 2.11 bits per heavy atom. The van der Waals surface area contributed by atoms with Crippen LogP contribution in [0.2, 0.25) is 0 Å². The van der Waals surface area contributed by atoms with Crippen LogP contribution in [0.5, 0.6) is 0 Å². The summed E-state index contributed by atoms with van der Waals surface area (Å²) in [6, 6.07) is 7.07. The van der Waals surface area contributed by atoms with Crippen LogP contribution in [0, 0.1) is 6.92 Å². The number of fused-ring (bicyclic) bond motifs is 1. The third kappa shape index (κ3) is 4.30. The molecule has 0 aromatic heterocycles. The summed E-state index contributed by atoms with van der Waals surface area (Å²) in [7, 11) is -3.06. The van der Waals surface area contributed by atoms with Crippen LogP contribution in [0.25, 0.3) is 0 Å². The summed E-state index contributed by atoms with van der Waals surface area (Å²) in [5.74, 6) is 0. The predicted molar refractivity (Wildman–Crippen MR) is 77.7 cm³/mol. The van der Waals surface area contributed by atoms with E-state index in [4.69, 9.17) is 0 Å². The van der Waals surface area contributed by atoms with Gasteiger partial charge in [0.2, 0.25) is 10.0 Å². The van der Waals surface area contributed by atoms with E-state index in [9.17, 15) is 8.42 Å². The second kappa shape index (κ2) is 6.03. The van der Waals surface area contributed by atoms with Gasteiger partial charge in [0.15, 0.2) is 0 Å². The molecule has 0 aliphatic heterocycles. The van der Waals surface area contributed by atoms with Gasteiger partial charge in [-0.05, 0) is 43.9 Å². The minimum absolute atomic E-state index is 0.424. The molecule has 0 saturated carbocycles. The van der Waals surface area contributed by atoms with Gasteiger partial charge in [0.25, 0.3) is 0 Å². The molecule has 0 radical (unpaired) electrons. The first-order valence-electron chi connectivity index (χ1n) is 6.73. The highest BCUT2D eigenvalue weighted by atomic mass is 32.2. The number of sulfonamides is 1. The van der Waals surface area contributed by atoms with E-state index >= 15 is 0 Å². The zero-order valence-corrected chi connectivity index (χ0v) is 12.4. The molecule has 0 heterocycles. The van der Waals surface area contributed by atoms with Crippen molar-refractivity contribution >= 4 is 10.0 Å². The molecule has 0 bridgehead atoms. The fourth-order valence-corrected chi connectivity index (χ4v) is 3.07. The van der Waals surface area contributed by atoms with E-state index < -0.39 is 10.0 Å². The molecule has 4 nitrogen and oxygen atoms in total. The van der Waals surface area contributed by atoms with E-state index in [0.717, 1.165) is 25.8 Å². The Kier molecular flexibility index (Phi) is 4.60. The zero-order chi connectivity index (χ0) is 13.9. The Hall–Kier alpha value is -0.910. The lowest BCUT2D eigenvalue weighted by molar-refractivity contribution is 0.516. The molecule has 5 heteroatoms. The van der Waals surface area contributed by atoms with Crippen molar-refractivity contribution in [1.29, 1.82) is 0 Å². The SMILES string of the molecule is Cc1ccc2c(c1)C(NCCCNS(C)(=O)=O)CC2. The number of aryl methyl sites for hydroxylation is 2. The second-order valence-corrected chi connectivity index (χ2v) is 7.10. The third-order valence-electron chi connectivity index (χ3n) is 3.49. The standard InChI is InChI=1S/C14H22N2O2S/c1-11-4-5-12-6-7-14(13(12)10-11)15-8-3-9-16-19(2,17)18/h4-5,10,14-16H,3,6-9H2,1-2H3. The molecule has 2 N–H and O–H groups in total. The quantitative estimate of drug-likeness (QED) is 0.778. The van der Waals surface area contributed by atoms with Crippen molar-refractivity contribution in [2.75, 3.05) is 19.3 Å². The lowest BCUT2D eigenvalue weighted by atomic mass is 10.1. The molecule has 2 rings (SSSR count). The van der Waals surface area contributed by atoms with Crippen molar-refractivity contribution in [2.45, 2.75) is 32.2 Å². The minimum Gasteiger partial charge on any atom is -0.310 e. The zero-order valence-electron chi connectivity index (χ0n) is 11.6. The van der Waals surface area contributed by atoms with Gasteiger partial charge in [-0.1, -0.05) is 23.8 Å². The van der Waals surface area contributed by atoms with Crippen molar-refractivity contribution in [3.8, 4) is 0 Å². The van der Waals surface area contributed by atoms with Gasteiger partial charge in [0, 0.05) is 12.6 Å². The van der Waals surface area contributed by atoms with E-state index in [-0.39, 0.29) is 0 Å². The van der Waals surface area contributed by atoms with Crippen molar-refractivity contribution in [1.82, 2.24) is 10.0 Å². The van der Waals surface area contributed by atoms with E-state index in [0.29, 0.717) is 12.6 Å². The summed E-state index contributed by atoms with van der Waals surface area (Å²) >= 11 is 0. The Balaban J connectivity index is 1.78. The van der Waals surface area contributed by atoms with Gasteiger partial charge < -0.3 is 5.32 Å². The Morgan fingerprint density at radius 1 is 1.32 bits per heavy atom. The largest absolute Gasteiger partial charge is 0.310 e. The Morgan fingerprint density at radius 3 is 2.84 bits per heavy atom. The maximum Gasteiger partial charge on any atom is 0.208 e. The molecule has 1 unspecified atom stereocenters. The summed E-state index contributed by atoms with van der Waals surface area (Å²) in [6.07, 6.45) is 4.27. The van der Waals surface area contributed by atoms with Crippen molar-refractivity contribution in [3.05, 3.63) is 34.9 Å². The molecule has 1 aliphatic rings. The van der Waals surface area contributed by atoms with Crippen LogP contribution in [0.15, 0.2) is 18.2 Å². The number of hydrogen-bond donors (Lipinski definition) is 2. The van der Waals surface area contributed by atoms with Gasteiger partial charge in [0.1, 0.15) is 0 Å². The van der Waals surface area contributed by atoms with Crippen LogP contribution in [-0.2, 0) is 16.4 Å². The molecular weight excluding hydrogens is 260 g/mol. The van der Waals surface area contributed by atoms with Gasteiger partial charge in [0.05, 0.1) is 6.26 Å². The van der Waals surface area contributed by atoms with Gasteiger partial charge in [-0.15, -0.1) is 0 Å². The van der Waals surface area contributed by atoms with Crippen LogP contribution in [0.4, 0.5) is 0 Å². The first-order valence-corrected chi connectivity index (χ1v) is 8.62. The molecule has 1 atom stereocenters. The van der Waals surface area contributed by atoms with Crippen LogP contribution in [0.1, 0.15) is 35.6 Å². The number of nitrogens with one attached hydrogen (secondary N) is 2. The lowest BCUT2D eigenvalue weighted by Gasteiger charge is -2.14. The molecule has 1 aliphatic carbocycles. The minimum atomic E-state index is -3.06. The predicted octanol–water partition coefficient (Wildman–Crippen LogP) is 1.51. The normalized spacial score (nSPS) is 18.5. The molecule has 1 aromatic rings. The molecule has 0 amide bonds. The third-order valence-corrected chi connectivity index (χ3v) is 4.22. The average molecular weight is 282 g/mol. The Labute approximate surface area is 115 Å². The molecule has 19 heavy (non-hydrogen) atoms. The highest BCUT2D eigenvalue weighted by molar-refractivity contribution is 7.88. The molecule has 0 saturated heterocycles. The molecule has 0 spiro atoms. The topological polar surface area (TPSA) is 58.2 Å². The van der Waals surface area contributed by atoms with Gasteiger partial charge in [-0.2, -0.15) is 0 Å². The first kappa shape index (κ1) is 14.5. The second-order valence-electron chi connectivity index (χ2n) is 5.27. The number of rotatable bonds is 6. The summed E-state index contributed by atoms with van der Waals surface area (Å²) in [5, 5.41) is 3.52. The van der Waals surface area contributed by atoms with Crippen LogP contribution < -0.4 is 10.0 Å². The van der Waals surface area contributed by atoms with E-state index in [1.807, 2.05) is 0 Å². The maximum atomic E-state index is 10.9. The van der Waals surface area contributed by atoms with Crippen molar-refractivity contribution in [3.63, 3.8) is 0 Å². The highest BCUT2D eigenvalue weighted by Crippen LogP contribution is 2.31. The van der Waals surface area contributed by atoms with Gasteiger partial charge in [-0.25, -0.2) is 13.1 Å². The lowest BCUT2D eigenvalue weighted by Crippen LogP contribution is -2.27. The summed E-state index contributed by atoms with van der Waals surface area (Å²) in [5.41, 5.74) is 4.15. The number of benzene rings is 1. The van der Waals surface area contributed by atoms with E-state index in [1.165, 1.54) is 22.9 Å². The van der Waals surface area contributed by atoms with Crippen LogP contribution >= 0.6 is 0 Å². The van der Waals surface area contributed by atoms with Crippen molar-refractivity contribution < 1.29 is 8.42 Å². The van der Waals surface area contributed by atoms with E-state index in [1.54, 1.807) is 0 Å². The maximum absolute atomic E-state index is 10.9. The fraction of sp³-hybridized carbons (Fsp3) is 0.571. The Bertz CT molecular complexity index is 540. The van der Waals surface area contributed by atoms with Gasteiger partial charge in [-0.3, -0.25) is 0 Å². The fourth-order valence-electron chi connectivity index (χ4n) is 2.56. The monoisotopic (exact) mass is 282 g/mol. The molecule has 106 valence electrons.